The first-order chi connectivity index (χ1) is 24.7. The number of aromatic nitrogens is 1. The minimum absolute atomic E-state index is 0.0183. The molecule has 0 spiro atoms. The fourth-order valence-electron chi connectivity index (χ4n) is 6.51. The molecule has 0 unspecified atom stereocenters. The number of methoxy groups -OCH3 is 1. The number of ether oxygens (including phenoxy) is 2. The Morgan fingerprint density at radius 2 is 1.82 bits per heavy atom. The molecule has 264 valence electrons. The van der Waals surface area contributed by atoms with Gasteiger partial charge in [-0.1, -0.05) is 29.4 Å². The van der Waals surface area contributed by atoms with Crippen molar-refractivity contribution in [3.63, 3.8) is 0 Å². The van der Waals surface area contributed by atoms with Crippen LogP contribution in [0.5, 0.6) is 5.75 Å². The summed E-state index contributed by atoms with van der Waals surface area (Å²) in [5.74, 6) is 0.274. The smallest absolute Gasteiger partial charge is 0.338 e. The Bertz CT molecular complexity index is 1970. The molecule has 14 heteroatoms. The Morgan fingerprint density at radius 1 is 1.08 bits per heavy atom. The van der Waals surface area contributed by atoms with Crippen LogP contribution in [0.15, 0.2) is 104 Å². The number of hydrogen-bond acceptors (Lipinski definition) is 10. The van der Waals surface area contributed by atoms with E-state index in [4.69, 9.17) is 26.1 Å². The normalized spacial score (nSPS) is 19.3. The third kappa shape index (κ3) is 7.62. The molecule has 51 heavy (non-hydrogen) atoms. The van der Waals surface area contributed by atoms with E-state index in [1.54, 1.807) is 24.0 Å². The summed E-state index contributed by atoms with van der Waals surface area (Å²) in [5.41, 5.74) is 2.21. The highest BCUT2D eigenvalue weighted by molar-refractivity contribution is 7.99. The lowest BCUT2D eigenvalue weighted by molar-refractivity contribution is -0.136. The van der Waals surface area contributed by atoms with E-state index in [0.29, 0.717) is 54.8 Å². The van der Waals surface area contributed by atoms with Gasteiger partial charge in [-0.2, -0.15) is 0 Å². The van der Waals surface area contributed by atoms with Gasteiger partial charge in [0.15, 0.2) is 10.8 Å². The van der Waals surface area contributed by atoms with E-state index in [1.807, 2.05) is 77.6 Å². The van der Waals surface area contributed by atoms with E-state index in [0.717, 1.165) is 21.2 Å². The summed E-state index contributed by atoms with van der Waals surface area (Å²) in [7, 11) is 1.32. The molecule has 2 amide bonds. The number of fused-ring (bicyclic) bond motifs is 1. The number of urea groups is 1. The van der Waals surface area contributed by atoms with E-state index in [1.165, 1.54) is 30.6 Å². The number of esters is 1. The molecule has 2 fully saturated rings. The average molecular weight is 747 g/mol. The van der Waals surface area contributed by atoms with Crippen molar-refractivity contribution in [3.05, 3.63) is 111 Å². The number of aliphatic imine (C=N–C) groups is 1. The van der Waals surface area contributed by atoms with Crippen molar-refractivity contribution in [3.8, 4) is 5.75 Å². The van der Waals surface area contributed by atoms with Crippen LogP contribution >= 0.6 is 34.7 Å². The number of carbonyl (C=O) groups excluding carboxylic acids is 2. The van der Waals surface area contributed by atoms with Gasteiger partial charge in [0, 0.05) is 76.1 Å². The van der Waals surface area contributed by atoms with E-state index in [2.05, 4.69) is 15.2 Å². The number of benzene rings is 3. The lowest BCUT2D eigenvalue weighted by atomic mass is 9.95. The summed E-state index contributed by atoms with van der Waals surface area (Å²) in [6.45, 7) is 6.63. The number of anilines is 1. The molecule has 3 aliphatic heterocycles. The summed E-state index contributed by atoms with van der Waals surface area (Å²) in [6.07, 6.45) is 1.80. The van der Waals surface area contributed by atoms with Crippen LogP contribution in [0.25, 0.3) is 0 Å². The number of carbonyl (C=O) groups is 2. The minimum Gasteiger partial charge on any atom is -0.491 e. The highest BCUT2D eigenvalue weighted by atomic mass is 35.5. The first-order valence-electron chi connectivity index (χ1n) is 16.5. The van der Waals surface area contributed by atoms with Crippen molar-refractivity contribution in [2.45, 2.75) is 41.8 Å². The average Bonchev–Trinajstić information content (AvgIpc) is 3.77. The van der Waals surface area contributed by atoms with Crippen LogP contribution in [0.3, 0.4) is 0 Å². The van der Waals surface area contributed by atoms with Crippen LogP contribution in [0.4, 0.5) is 14.9 Å². The summed E-state index contributed by atoms with van der Waals surface area (Å²) >= 11 is 9.57. The second-order valence-corrected chi connectivity index (χ2v) is 15.1. The van der Waals surface area contributed by atoms with Crippen LogP contribution < -0.4 is 15.0 Å². The van der Waals surface area contributed by atoms with E-state index in [9.17, 15) is 14.0 Å². The highest BCUT2D eigenvalue weighted by Crippen LogP contribution is 2.38. The molecule has 0 aliphatic carbocycles. The van der Waals surface area contributed by atoms with E-state index in [-0.39, 0.29) is 28.8 Å². The largest absolute Gasteiger partial charge is 0.491 e. The fraction of sp³-hybridized carbons (Fsp3) is 0.297. The van der Waals surface area contributed by atoms with Gasteiger partial charge in [-0.15, -0.1) is 11.3 Å². The van der Waals surface area contributed by atoms with Crippen LogP contribution in [0.2, 0.25) is 5.02 Å². The minimum atomic E-state index is -0.843. The Morgan fingerprint density at radius 3 is 2.49 bits per heavy atom. The third-order valence-electron chi connectivity index (χ3n) is 8.82. The number of nitrogens with zero attached hydrogens (tertiary/aromatic N) is 5. The van der Waals surface area contributed by atoms with Gasteiger partial charge in [-0.25, -0.2) is 19.0 Å². The van der Waals surface area contributed by atoms with Gasteiger partial charge in [-0.3, -0.25) is 14.8 Å². The number of rotatable bonds is 10. The predicted octanol–water partition coefficient (Wildman–Crippen LogP) is 7.02. The van der Waals surface area contributed by atoms with Crippen molar-refractivity contribution < 1.29 is 23.5 Å². The molecule has 1 aromatic heterocycles. The summed E-state index contributed by atoms with van der Waals surface area (Å²) in [5, 5.41) is 5.99. The second-order valence-electron chi connectivity index (χ2n) is 12.6. The van der Waals surface area contributed by atoms with Crippen LogP contribution in [0, 0.1) is 5.82 Å². The molecule has 3 aromatic carbocycles. The van der Waals surface area contributed by atoms with Gasteiger partial charge < -0.3 is 19.7 Å². The number of nitrogens with one attached hydrogen (secondary N) is 1. The Balaban J connectivity index is 1.07. The lowest BCUT2D eigenvalue weighted by Crippen LogP contribution is -2.53. The number of amides is 2. The van der Waals surface area contributed by atoms with Crippen molar-refractivity contribution >= 4 is 58.2 Å². The molecule has 10 nitrogen and oxygen atoms in total. The maximum absolute atomic E-state index is 14.0. The summed E-state index contributed by atoms with van der Waals surface area (Å²) in [6, 6.07) is 19.2. The molecule has 4 aromatic rings. The van der Waals surface area contributed by atoms with Gasteiger partial charge in [-0.05, 0) is 74.5 Å². The topological polar surface area (TPSA) is 99.6 Å². The van der Waals surface area contributed by atoms with Gasteiger partial charge in [0.25, 0.3) is 0 Å². The first kappa shape index (κ1) is 35.0. The molecule has 0 bridgehead atoms. The molecule has 2 saturated heterocycles. The molecule has 2 atom stereocenters. The van der Waals surface area contributed by atoms with E-state index >= 15 is 0 Å². The van der Waals surface area contributed by atoms with Gasteiger partial charge in [0.2, 0.25) is 0 Å². The van der Waals surface area contributed by atoms with Crippen molar-refractivity contribution in [2.24, 2.45) is 4.99 Å². The Labute approximate surface area is 308 Å². The lowest BCUT2D eigenvalue weighted by Gasteiger charge is -2.38. The van der Waals surface area contributed by atoms with Crippen LogP contribution in [-0.4, -0.2) is 84.6 Å². The Hall–Kier alpha value is -4.43. The molecule has 3 aliphatic rings. The summed E-state index contributed by atoms with van der Waals surface area (Å²) < 4.78 is 25.0. The molecule has 0 saturated carbocycles. The van der Waals surface area contributed by atoms with Crippen molar-refractivity contribution in [1.29, 1.82) is 0 Å². The zero-order chi connectivity index (χ0) is 35.6. The maximum atomic E-state index is 14.0. The first-order valence-corrected chi connectivity index (χ1v) is 18.6. The molecular weight excluding hydrogens is 711 g/mol. The van der Waals surface area contributed by atoms with Gasteiger partial charge in [0.05, 0.1) is 24.8 Å². The number of piperazine rings is 1. The van der Waals surface area contributed by atoms with Crippen molar-refractivity contribution in [1.82, 2.24) is 20.1 Å². The monoisotopic (exact) mass is 746 g/mol. The molecule has 1 N–H and O–H groups in total. The fourth-order valence-corrected chi connectivity index (χ4v) is 8.19. The predicted molar refractivity (Wildman–Crippen MR) is 197 cm³/mol. The quantitative estimate of drug-likeness (QED) is 0.173. The van der Waals surface area contributed by atoms with Crippen LogP contribution in [-0.2, 0) is 9.53 Å². The van der Waals surface area contributed by atoms with Gasteiger partial charge >= 0.3 is 12.0 Å². The zero-order valence-electron chi connectivity index (χ0n) is 28.2. The summed E-state index contributed by atoms with van der Waals surface area (Å²) in [4.78, 5) is 44.4. The third-order valence-corrected chi connectivity index (χ3v) is 10.9. The highest BCUT2D eigenvalue weighted by Gasteiger charge is 2.42. The SMILES string of the molecule is COC(=O)C1=C(CN2CCN3C(=O)N(c4ccc(Sc5ccc(OC(C)C)cc5)cc4)C[C@@H]3C2)NC(c2nccs2)=N[C@H]1c1ccc(F)cc1Cl. The van der Waals surface area contributed by atoms with Gasteiger partial charge in [0.1, 0.15) is 17.6 Å². The van der Waals surface area contributed by atoms with Crippen LogP contribution in [0.1, 0.15) is 30.5 Å². The van der Waals surface area contributed by atoms with Crippen molar-refractivity contribution in [2.75, 3.05) is 44.7 Å². The number of halogens is 2. The zero-order valence-corrected chi connectivity index (χ0v) is 30.6. The Kier molecular flexibility index (Phi) is 10.3. The second kappa shape index (κ2) is 15.0. The molecule has 4 heterocycles. The number of amidine groups is 1. The molecule has 7 rings (SSSR count). The number of thiazole rings is 1. The maximum Gasteiger partial charge on any atom is 0.338 e. The standard InChI is InChI=1S/C37H36ClFN6O4S2/c1-22(2)49-26-7-11-28(12-8-26)51-27-9-5-24(6-10-27)45-20-25-19-43(15-16-44(25)37(45)47)21-31-32(36(46)48-3)33(29-13-4-23(39)18-30(29)38)42-34(41-31)35-40-14-17-50-35/h4-14,17-18,22,25,33H,15-16,19-21H2,1-3H3,(H,41,42)/t25-,33-/m0/s1. The van der Waals surface area contributed by atoms with E-state index < -0.39 is 17.8 Å². The molecular formula is C37H36ClFN6O4S2. The molecule has 0 radical (unpaired) electrons. The number of hydrogen-bond donors (Lipinski definition) is 1.